The van der Waals surface area contributed by atoms with Crippen molar-refractivity contribution in [2.24, 2.45) is 0 Å². The van der Waals surface area contributed by atoms with Crippen molar-refractivity contribution in [2.75, 3.05) is 0 Å². The first-order chi connectivity index (χ1) is 8.43. The molecule has 0 aliphatic carbocycles. The van der Waals surface area contributed by atoms with Gasteiger partial charge in [0.1, 0.15) is 0 Å². The highest BCUT2D eigenvalue weighted by Crippen LogP contribution is 2.13. The monoisotopic (exact) mass is 284 g/mol. The zero-order valence-electron chi connectivity index (χ0n) is 9.58. The minimum atomic E-state index is -0.977. The zero-order chi connectivity index (χ0) is 13.2. The third-order valence-electron chi connectivity index (χ3n) is 2.85. The van der Waals surface area contributed by atoms with E-state index in [2.05, 4.69) is 0 Å². The number of nitrogens with zero attached hydrogens (tertiary/aromatic N) is 2. The molecule has 1 aromatic carbocycles. The minimum absolute atomic E-state index is 0. The Balaban J connectivity index is 0.000001000. The number of aromatic nitrogens is 2. The average molecular weight is 284 g/mol. The van der Waals surface area contributed by atoms with Crippen LogP contribution in [0, 0.1) is 0 Å². The molecule has 0 fully saturated rings. The second kappa shape index (κ2) is 4.29. The molecule has 0 spiro atoms. The van der Waals surface area contributed by atoms with Crippen molar-refractivity contribution in [1.82, 2.24) is 9.46 Å². The van der Waals surface area contributed by atoms with Crippen LogP contribution < -0.4 is 22.2 Å². The summed E-state index contributed by atoms with van der Waals surface area (Å²) in [6.07, 6.45) is 0. The van der Waals surface area contributed by atoms with E-state index in [1.165, 1.54) is 0 Å². The van der Waals surface area contributed by atoms with E-state index in [0.717, 1.165) is 12.1 Å². The lowest BCUT2D eigenvalue weighted by atomic mass is 10.1. The van der Waals surface area contributed by atoms with Crippen LogP contribution in [0.3, 0.4) is 0 Å². The van der Waals surface area contributed by atoms with E-state index in [1.807, 2.05) is 0 Å². The molecule has 0 radical (unpaired) electrons. The van der Waals surface area contributed by atoms with Crippen molar-refractivity contribution in [3.8, 4) is 0 Å². The Morgan fingerprint density at radius 2 is 0.800 bits per heavy atom. The van der Waals surface area contributed by atoms with Gasteiger partial charge >= 0.3 is 0 Å². The van der Waals surface area contributed by atoms with Gasteiger partial charge in [0.25, 0.3) is 22.2 Å². The maximum atomic E-state index is 11.5. The molecule has 10 nitrogen and oxygen atoms in total. The highest BCUT2D eigenvalue weighted by molar-refractivity contribution is 5.97. The van der Waals surface area contributed by atoms with E-state index in [4.69, 9.17) is 10.4 Å². The molecule has 20 heavy (non-hydrogen) atoms. The Labute approximate surface area is 107 Å². The number of fused-ring (bicyclic) bond motifs is 2. The average Bonchev–Trinajstić information content (AvgIpc) is 2.71. The van der Waals surface area contributed by atoms with Crippen LogP contribution in [-0.4, -0.2) is 30.8 Å². The summed E-state index contributed by atoms with van der Waals surface area (Å²) >= 11 is 0. The summed E-state index contributed by atoms with van der Waals surface area (Å²) in [5.74, 6) is 0. The Hall–Kier alpha value is -2.98. The van der Waals surface area contributed by atoms with E-state index in [1.54, 1.807) is 0 Å². The van der Waals surface area contributed by atoms with Crippen LogP contribution in [0.2, 0.25) is 0 Å². The van der Waals surface area contributed by atoms with E-state index < -0.39 is 22.2 Å². The zero-order valence-corrected chi connectivity index (χ0v) is 9.58. The van der Waals surface area contributed by atoms with Crippen molar-refractivity contribution in [2.45, 2.75) is 0 Å². The largest absolute Gasteiger partial charge is 0.422 e. The molecular formula is C10H8N2O8. The predicted octanol–water partition coefficient (Wildman–Crippen LogP) is -3.26. The van der Waals surface area contributed by atoms with Crippen LogP contribution in [0.4, 0.5) is 0 Å². The molecule has 106 valence electrons. The highest BCUT2D eigenvalue weighted by atomic mass is 16.5. The van der Waals surface area contributed by atoms with E-state index in [-0.39, 0.29) is 42.0 Å². The SMILES string of the molecule is O.O.O=c1c2cc3c(=O)n(O)c(=O)c3cc2c(=O)n1O. The summed E-state index contributed by atoms with van der Waals surface area (Å²) in [7, 11) is 0. The van der Waals surface area contributed by atoms with Crippen molar-refractivity contribution in [3.05, 3.63) is 53.5 Å². The maximum absolute atomic E-state index is 11.5. The molecule has 0 amide bonds. The normalized spacial score (nSPS) is 10.4. The molecule has 0 unspecified atom stereocenters. The van der Waals surface area contributed by atoms with Gasteiger partial charge in [-0.25, -0.2) is 0 Å². The quantitative estimate of drug-likeness (QED) is 0.408. The summed E-state index contributed by atoms with van der Waals surface area (Å²) in [6.45, 7) is 0. The van der Waals surface area contributed by atoms with Gasteiger partial charge in [0, 0.05) is 0 Å². The van der Waals surface area contributed by atoms with Crippen LogP contribution in [0.1, 0.15) is 0 Å². The van der Waals surface area contributed by atoms with Gasteiger partial charge in [-0.1, -0.05) is 0 Å². The fraction of sp³-hybridized carbons (Fsp3) is 0. The van der Waals surface area contributed by atoms with Gasteiger partial charge in [0.05, 0.1) is 21.5 Å². The molecule has 2 aromatic heterocycles. The summed E-state index contributed by atoms with van der Waals surface area (Å²) in [6, 6.07) is 2.02. The maximum Gasteiger partial charge on any atom is 0.294 e. The van der Waals surface area contributed by atoms with Crippen molar-refractivity contribution in [1.29, 1.82) is 0 Å². The van der Waals surface area contributed by atoms with Gasteiger partial charge in [-0.2, -0.15) is 0 Å². The molecule has 0 saturated heterocycles. The molecule has 0 bridgehead atoms. The lowest BCUT2D eigenvalue weighted by Gasteiger charge is -1.85. The minimum Gasteiger partial charge on any atom is -0.422 e. The smallest absolute Gasteiger partial charge is 0.294 e. The van der Waals surface area contributed by atoms with Gasteiger partial charge in [-0.15, -0.1) is 9.46 Å². The van der Waals surface area contributed by atoms with Crippen molar-refractivity contribution in [3.63, 3.8) is 0 Å². The molecule has 10 heteroatoms. The fourth-order valence-corrected chi connectivity index (χ4v) is 1.95. The van der Waals surface area contributed by atoms with E-state index in [0.29, 0.717) is 0 Å². The molecule has 3 rings (SSSR count). The van der Waals surface area contributed by atoms with E-state index >= 15 is 0 Å². The van der Waals surface area contributed by atoms with E-state index in [9.17, 15) is 19.2 Å². The predicted molar refractivity (Wildman–Crippen MR) is 66.5 cm³/mol. The fourth-order valence-electron chi connectivity index (χ4n) is 1.95. The topological polar surface area (TPSA) is 182 Å². The van der Waals surface area contributed by atoms with Crippen LogP contribution in [-0.2, 0) is 0 Å². The highest BCUT2D eigenvalue weighted by Gasteiger charge is 2.18. The molecule has 3 aromatic rings. The number of hydrogen-bond acceptors (Lipinski definition) is 6. The summed E-state index contributed by atoms with van der Waals surface area (Å²) in [5.41, 5.74) is -3.91. The molecule has 0 atom stereocenters. The van der Waals surface area contributed by atoms with Gasteiger partial charge in [-0.05, 0) is 12.1 Å². The Bertz CT molecular complexity index is 860. The molecule has 0 saturated carbocycles. The Kier molecular flexibility index (Phi) is 3.24. The molecule has 0 aliphatic heterocycles. The van der Waals surface area contributed by atoms with Crippen LogP contribution in [0.25, 0.3) is 21.5 Å². The first kappa shape index (κ1) is 15.1. The second-order valence-electron chi connectivity index (χ2n) is 3.79. The first-order valence-corrected chi connectivity index (χ1v) is 4.77. The number of rotatable bonds is 0. The molecule has 6 N–H and O–H groups in total. The van der Waals surface area contributed by atoms with Gasteiger partial charge in [0.15, 0.2) is 0 Å². The Morgan fingerprint density at radius 1 is 0.600 bits per heavy atom. The third-order valence-corrected chi connectivity index (χ3v) is 2.85. The van der Waals surface area contributed by atoms with Crippen LogP contribution in [0.15, 0.2) is 31.3 Å². The third kappa shape index (κ3) is 1.46. The van der Waals surface area contributed by atoms with Crippen LogP contribution >= 0.6 is 0 Å². The van der Waals surface area contributed by atoms with Crippen molar-refractivity contribution < 1.29 is 21.4 Å². The van der Waals surface area contributed by atoms with Crippen LogP contribution in [0.5, 0.6) is 0 Å². The first-order valence-electron chi connectivity index (χ1n) is 4.77. The van der Waals surface area contributed by atoms with Gasteiger partial charge in [-0.3, -0.25) is 19.2 Å². The summed E-state index contributed by atoms with van der Waals surface area (Å²) in [4.78, 5) is 45.8. The van der Waals surface area contributed by atoms with Crippen molar-refractivity contribution >= 4 is 21.5 Å². The molecular weight excluding hydrogens is 276 g/mol. The number of benzene rings is 1. The molecule has 0 aliphatic rings. The Morgan fingerprint density at radius 3 is 1.00 bits per heavy atom. The summed E-state index contributed by atoms with van der Waals surface area (Å²) in [5, 5.41) is 17.6. The lowest BCUT2D eigenvalue weighted by molar-refractivity contribution is 0.171. The standard InChI is InChI=1S/C10H4N2O6.2H2O/c13-7-3-1-4-6(10(16)12(18)8(4)14)2-5(3)9(15)11(7)17;;/h1-2,17-18H;2*1H2. The van der Waals surface area contributed by atoms with Gasteiger partial charge < -0.3 is 21.4 Å². The molecule has 2 heterocycles. The number of hydrogen-bond donors (Lipinski definition) is 2. The lowest BCUT2D eigenvalue weighted by Crippen LogP contribution is -2.23. The second-order valence-corrected chi connectivity index (χ2v) is 3.79. The van der Waals surface area contributed by atoms with Gasteiger partial charge in [0.2, 0.25) is 0 Å². The summed E-state index contributed by atoms with van der Waals surface area (Å²) < 4.78 is -0.184.